The van der Waals surface area contributed by atoms with E-state index in [1.807, 2.05) is 19.1 Å². The van der Waals surface area contributed by atoms with E-state index in [0.717, 1.165) is 16.1 Å². The smallest absolute Gasteiger partial charge is 0.232 e. The number of hydrogen-bond donors (Lipinski definition) is 2. The van der Waals surface area contributed by atoms with Crippen molar-refractivity contribution in [2.45, 2.75) is 20.3 Å². The third kappa shape index (κ3) is 6.41. The number of benzene rings is 2. The molecule has 0 aliphatic heterocycles. The largest absolute Gasteiger partial charge is 0.326 e. The Bertz CT molecular complexity index is 924. The SMILES string of the molecule is CC(=O)Nc1cccc(N(CCC(=O)Nc2ccc(C)cc2)S(C)(=O)=O)c1. The third-order valence-corrected chi connectivity index (χ3v) is 4.93. The Morgan fingerprint density at radius 1 is 1.00 bits per heavy atom. The van der Waals surface area contributed by atoms with Gasteiger partial charge in [0, 0.05) is 31.3 Å². The lowest BCUT2D eigenvalue weighted by Crippen LogP contribution is -2.33. The van der Waals surface area contributed by atoms with Gasteiger partial charge in [0.1, 0.15) is 0 Å². The second-order valence-electron chi connectivity index (χ2n) is 6.23. The monoisotopic (exact) mass is 389 g/mol. The summed E-state index contributed by atoms with van der Waals surface area (Å²) in [4.78, 5) is 23.4. The van der Waals surface area contributed by atoms with Crippen LogP contribution in [0.25, 0.3) is 0 Å². The Balaban J connectivity index is 2.10. The molecule has 0 aliphatic carbocycles. The Hall–Kier alpha value is -2.87. The van der Waals surface area contributed by atoms with Crippen molar-refractivity contribution in [3.63, 3.8) is 0 Å². The van der Waals surface area contributed by atoms with E-state index >= 15 is 0 Å². The second-order valence-corrected chi connectivity index (χ2v) is 8.14. The van der Waals surface area contributed by atoms with Crippen LogP contribution < -0.4 is 14.9 Å². The number of carbonyl (C=O) groups excluding carboxylic acids is 2. The van der Waals surface area contributed by atoms with Crippen LogP contribution in [0.2, 0.25) is 0 Å². The van der Waals surface area contributed by atoms with Crippen LogP contribution in [-0.4, -0.2) is 33.0 Å². The second kappa shape index (κ2) is 8.68. The Kier molecular flexibility index (Phi) is 6.57. The predicted molar refractivity (Wildman–Crippen MR) is 107 cm³/mol. The summed E-state index contributed by atoms with van der Waals surface area (Å²) in [5.74, 6) is -0.541. The minimum Gasteiger partial charge on any atom is -0.326 e. The number of sulfonamides is 1. The summed E-state index contributed by atoms with van der Waals surface area (Å²) in [7, 11) is -3.60. The number of amides is 2. The van der Waals surface area contributed by atoms with Gasteiger partial charge in [0.15, 0.2) is 0 Å². The van der Waals surface area contributed by atoms with Gasteiger partial charge in [-0.3, -0.25) is 13.9 Å². The number of hydrogen-bond acceptors (Lipinski definition) is 4. The molecule has 144 valence electrons. The summed E-state index contributed by atoms with van der Waals surface area (Å²) < 4.78 is 25.5. The van der Waals surface area contributed by atoms with Crippen molar-refractivity contribution in [1.29, 1.82) is 0 Å². The van der Waals surface area contributed by atoms with Gasteiger partial charge in [0.25, 0.3) is 0 Å². The molecule has 0 saturated carbocycles. The Labute approximate surface area is 159 Å². The van der Waals surface area contributed by atoms with Gasteiger partial charge in [-0.15, -0.1) is 0 Å². The van der Waals surface area contributed by atoms with Crippen molar-refractivity contribution >= 4 is 38.9 Å². The highest BCUT2D eigenvalue weighted by molar-refractivity contribution is 7.92. The molecule has 7 nitrogen and oxygen atoms in total. The first-order chi connectivity index (χ1) is 12.6. The molecule has 0 radical (unpaired) electrons. The molecule has 2 aromatic rings. The zero-order valence-corrected chi connectivity index (χ0v) is 16.3. The molecule has 0 spiro atoms. The number of aryl methyl sites for hydroxylation is 1. The number of nitrogens with one attached hydrogen (secondary N) is 2. The van der Waals surface area contributed by atoms with Crippen LogP contribution >= 0.6 is 0 Å². The van der Waals surface area contributed by atoms with E-state index in [1.165, 1.54) is 6.92 Å². The lowest BCUT2D eigenvalue weighted by molar-refractivity contribution is -0.116. The van der Waals surface area contributed by atoms with E-state index in [0.29, 0.717) is 17.1 Å². The van der Waals surface area contributed by atoms with Gasteiger partial charge in [-0.05, 0) is 37.3 Å². The van der Waals surface area contributed by atoms with Gasteiger partial charge in [-0.25, -0.2) is 8.42 Å². The maximum absolute atomic E-state index is 12.2. The van der Waals surface area contributed by atoms with E-state index in [9.17, 15) is 18.0 Å². The van der Waals surface area contributed by atoms with Gasteiger partial charge in [-0.2, -0.15) is 0 Å². The summed E-state index contributed by atoms with van der Waals surface area (Å²) in [6.45, 7) is 3.31. The topological polar surface area (TPSA) is 95.6 Å². The van der Waals surface area contributed by atoms with Crippen molar-refractivity contribution in [3.8, 4) is 0 Å². The molecule has 8 heteroatoms. The normalized spacial score (nSPS) is 10.9. The number of anilines is 3. The molecular formula is C19H23N3O4S. The van der Waals surface area contributed by atoms with Gasteiger partial charge in [0.05, 0.1) is 11.9 Å². The van der Waals surface area contributed by atoms with Crippen molar-refractivity contribution in [2.75, 3.05) is 27.7 Å². The first kappa shape index (κ1) is 20.4. The molecule has 0 unspecified atom stereocenters. The first-order valence-electron chi connectivity index (χ1n) is 8.37. The highest BCUT2D eigenvalue weighted by atomic mass is 32.2. The summed E-state index contributed by atoms with van der Waals surface area (Å²) in [5.41, 5.74) is 2.60. The van der Waals surface area contributed by atoms with E-state index < -0.39 is 10.0 Å². The van der Waals surface area contributed by atoms with E-state index in [2.05, 4.69) is 10.6 Å². The molecule has 2 rings (SSSR count). The first-order valence-corrected chi connectivity index (χ1v) is 10.2. The molecule has 2 amide bonds. The standard InChI is InChI=1S/C19H23N3O4S/c1-14-7-9-16(10-8-14)21-19(24)11-12-22(27(3,25)26)18-6-4-5-17(13-18)20-15(2)23/h4-10,13H,11-12H2,1-3H3,(H,20,23)(H,21,24). The van der Waals surface area contributed by atoms with Gasteiger partial charge in [0.2, 0.25) is 21.8 Å². The quantitative estimate of drug-likeness (QED) is 0.761. The predicted octanol–water partition coefficient (Wildman–Crippen LogP) is 2.75. The van der Waals surface area contributed by atoms with Crippen molar-refractivity contribution < 1.29 is 18.0 Å². The highest BCUT2D eigenvalue weighted by Crippen LogP contribution is 2.22. The zero-order chi connectivity index (χ0) is 20.0. The lowest BCUT2D eigenvalue weighted by atomic mass is 10.2. The molecule has 0 heterocycles. The fourth-order valence-electron chi connectivity index (χ4n) is 2.49. The molecule has 0 atom stereocenters. The van der Waals surface area contributed by atoms with Crippen LogP contribution in [0.4, 0.5) is 17.1 Å². The minimum absolute atomic E-state index is 0.00862. The number of nitrogens with zero attached hydrogens (tertiary/aromatic N) is 1. The van der Waals surface area contributed by atoms with E-state index in [-0.39, 0.29) is 24.8 Å². The van der Waals surface area contributed by atoms with E-state index in [4.69, 9.17) is 0 Å². The highest BCUT2D eigenvalue weighted by Gasteiger charge is 2.19. The summed E-state index contributed by atoms with van der Waals surface area (Å²) in [6, 6.07) is 13.8. The fraction of sp³-hybridized carbons (Fsp3) is 0.263. The van der Waals surface area contributed by atoms with Crippen LogP contribution in [0.15, 0.2) is 48.5 Å². The molecule has 0 fully saturated rings. The Morgan fingerprint density at radius 2 is 1.67 bits per heavy atom. The summed E-state index contributed by atoms with van der Waals surface area (Å²) in [5, 5.41) is 5.36. The number of rotatable bonds is 7. The maximum Gasteiger partial charge on any atom is 0.232 e. The third-order valence-electron chi connectivity index (χ3n) is 3.73. The number of carbonyl (C=O) groups is 2. The summed E-state index contributed by atoms with van der Waals surface area (Å²) in [6.07, 6.45) is 1.07. The molecule has 2 N–H and O–H groups in total. The Morgan fingerprint density at radius 3 is 2.26 bits per heavy atom. The molecule has 27 heavy (non-hydrogen) atoms. The molecular weight excluding hydrogens is 366 g/mol. The van der Waals surface area contributed by atoms with Gasteiger partial charge >= 0.3 is 0 Å². The van der Waals surface area contributed by atoms with Crippen molar-refractivity contribution in [3.05, 3.63) is 54.1 Å². The molecule has 0 bridgehead atoms. The molecule has 0 aromatic heterocycles. The minimum atomic E-state index is -3.60. The molecule has 0 aliphatic rings. The van der Waals surface area contributed by atoms with Gasteiger partial charge in [-0.1, -0.05) is 23.8 Å². The van der Waals surface area contributed by atoms with Crippen LogP contribution in [0, 0.1) is 6.92 Å². The van der Waals surface area contributed by atoms with Crippen molar-refractivity contribution in [2.24, 2.45) is 0 Å². The van der Waals surface area contributed by atoms with Crippen LogP contribution in [0.5, 0.6) is 0 Å². The van der Waals surface area contributed by atoms with Gasteiger partial charge < -0.3 is 10.6 Å². The summed E-state index contributed by atoms with van der Waals surface area (Å²) >= 11 is 0. The average Bonchev–Trinajstić information content (AvgIpc) is 2.55. The van der Waals surface area contributed by atoms with Crippen LogP contribution in [-0.2, 0) is 19.6 Å². The molecule has 2 aromatic carbocycles. The maximum atomic E-state index is 12.2. The molecule has 0 saturated heterocycles. The average molecular weight is 389 g/mol. The fourth-order valence-corrected chi connectivity index (χ4v) is 3.41. The van der Waals surface area contributed by atoms with E-state index in [1.54, 1.807) is 36.4 Å². The zero-order valence-electron chi connectivity index (χ0n) is 15.5. The van der Waals surface area contributed by atoms with Crippen molar-refractivity contribution in [1.82, 2.24) is 0 Å². The lowest BCUT2D eigenvalue weighted by Gasteiger charge is -2.22. The van der Waals surface area contributed by atoms with Crippen LogP contribution in [0.3, 0.4) is 0 Å². The van der Waals surface area contributed by atoms with Crippen LogP contribution in [0.1, 0.15) is 18.9 Å².